The topological polar surface area (TPSA) is 33.6 Å². The van der Waals surface area contributed by atoms with E-state index in [4.69, 9.17) is 12.2 Å². The van der Waals surface area contributed by atoms with Crippen LogP contribution in [0.1, 0.15) is 24.1 Å². The fourth-order valence-electron chi connectivity index (χ4n) is 1.74. The number of aromatic nitrogens is 3. The van der Waals surface area contributed by atoms with Gasteiger partial charge in [-0.3, -0.25) is 9.67 Å². The largest absolute Gasteiger partial charge is 0.299 e. The van der Waals surface area contributed by atoms with Crippen LogP contribution in [-0.2, 0) is 0 Å². The Labute approximate surface area is 93.8 Å². The molecule has 0 aliphatic carbocycles. The Morgan fingerprint density at radius 2 is 2.13 bits per heavy atom. The summed E-state index contributed by atoms with van der Waals surface area (Å²) in [5.74, 6) is 0. The van der Waals surface area contributed by atoms with Crippen molar-refractivity contribution in [2.24, 2.45) is 0 Å². The predicted octanol–water partition coefficient (Wildman–Crippen LogP) is 2.86. The summed E-state index contributed by atoms with van der Waals surface area (Å²) >= 11 is 5.15. The van der Waals surface area contributed by atoms with E-state index in [1.54, 1.807) is 6.33 Å². The summed E-state index contributed by atoms with van der Waals surface area (Å²) in [5, 5.41) is 6.70. The van der Waals surface area contributed by atoms with Crippen molar-refractivity contribution in [1.82, 2.24) is 14.8 Å². The number of H-pyrrole nitrogens is 1. The van der Waals surface area contributed by atoms with Gasteiger partial charge in [0.1, 0.15) is 6.33 Å². The first-order valence-corrected chi connectivity index (χ1v) is 5.28. The van der Waals surface area contributed by atoms with Crippen LogP contribution in [0.5, 0.6) is 0 Å². The number of nitrogens with zero attached hydrogens (tertiary/aromatic N) is 2. The Kier molecular flexibility index (Phi) is 2.68. The van der Waals surface area contributed by atoms with Crippen LogP contribution >= 0.6 is 12.2 Å². The molecular formula is C11H13N3S. The molecule has 15 heavy (non-hydrogen) atoms. The van der Waals surface area contributed by atoms with Gasteiger partial charge >= 0.3 is 0 Å². The predicted molar refractivity (Wildman–Crippen MR) is 62.4 cm³/mol. The fourth-order valence-corrected chi connectivity index (χ4v) is 2.00. The highest BCUT2D eigenvalue weighted by molar-refractivity contribution is 7.71. The molecule has 1 aromatic carbocycles. The van der Waals surface area contributed by atoms with E-state index >= 15 is 0 Å². The van der Waals surface area contributed by atoms with Gasteiger partial charge in [0.25, 0.3) is 0 Å². The summed E-state index contributed by atoms with van der Waals surface area (Å²) in [7, 11) is 0. The van der Waals surface area contributed by atoms with E-state index in [0.29, 0.717) is 4.77 Å². The maximum Gasteiger partial charge on any atom is 0.195 e. The molecule has 1 aromatic heterocycles. The Morgan fingerprint density at radius 1 is 1.40 bits per heavy atom. The molecule has 0 aliphatic rings. The molecule has 0 radical (unpaired) electrons. The van der Waals surface area contributed by atoms with Crippen molar-refractivity contribution in [3.8, 4) is 0 Å². The lowest BCUT2D eigenvalue weighted by Crippen LogP contribution is -2.07. The first-order chi connectivity index (χ1) is 7.20. The van der Waals surface area contributed by atoms with Crippen LogP contribution < -0.4 is 0 Å². The molecular weight excluding hydrogens is 206 g/mol. The standard InChI is InChI=1S/C11H13N3S/c1-8-5-3-4-6-10(8)9(2)14-7-12-13-11(14)15/h3-7,9H,1-2H3,(H,13,15). The zero-order chi connectivity index (χ0) is 10.8. The van der Waals surface area contributed by atoms with E-state index in [0.717, 1.165) is 0 Å². The van der Waals surface area contributed by atoms with Crippen LogP contribution in [0, 0.1) is 11.7 Å². The van der Waals surface area contributed by atoms with Crippen LogP contribution in [0.3, 0.4) is 0 Å². The molecule has 0 bridgehead atoms. The Morgan fingerprint density at radius 3 is 2.73 bits per heavy atom. The van der Waals surface area contributed by atoms with Gasteiger partial charge in [0.2, 0.25) is 0 Å². The first-order valence-electron chi connectivity index (χ1n) is 4.87. The number of aromatic amines is 1. The molecule has 1 unspecified atom stereocenters. The molecule has 1 heterocycles. The van der Waals surface area contributed by atoms with Crippen molar-refractivity contribution >= 4 is 12.2 Å². The molecule has 0 amide bonds. The number of rotatable bonds is 2. The van der Waals surface area contributed by atoms with Gasteiger partial charge in [0.15, 0.2) is 4.77 Å². The first kappa shape index (κ1) is 10.1. The van der Waals surface area contributed by atoms with Crippen molar-refractivity contribution in [3.05, 3.63) is 46.5 Å². The highest BCUT2D eigenvalue weighted by Crippen LogP contribution is 2.20. The van der Waals surface area contributed by atoms with Crippen molar-refractivity contribution in [2.45, 2.75) is 19.9 Å². The summed E-state index contributed by atoms with van der Waals surface area (Å²) in [4.78, 5) is 0. The SMILES string of the molecule is Cc1ccccc1C(C)n1cn[nH]c1=S. The number of aryl methyl sites for hydroxylation is 1. The lowest BCUT2D eigenvalue weighted by molar-refractivity contribution is 0.625. The Hall–Kier alpha value is -1.42. The van der Waals surface area contributed by atoms with Crippen molar-refractivity contribution in [1.29, 1.82) is 0 Å². The van der Waals surface area contributed by atoms with Gasteiger partial charge in [-0.05, 0) is 37.2 Å². The molecule has 4 heteroatoms. The summed E-state index contributed by atoms with van der Waals surface area (Å²) in [6, 6.07) is 8.53. The average Bonchev–Trinajstić information content (AvgIpc) is 2.64. The lowest BCUT2D eigenvalue weighted by atomic mass is 10.0. The third-order valence-corrected chi connectivity index (χ3v) is 2.93. The van der Waals surface area contributed by atoms with E-state index in [-0.39, 0.29) is 6.04 Å². The van der Waals surface area contributed by atoms with E-state index in [9.17, 15) is 0 Å². The van der Waals surface area contributed by atoms with Crippen LogP contribution in [0.25, 0.3) is 0 Å². The van der Waals surface area contributed by atoms with E-state index in [2.05, 4.69) is 36.2 Å². The molecule has 0 spiro atoms. The maximum atomic E-state index is 5.15. The maximum absolute atomic E-state index is 5.15. The quantitative estimate of drug-likeness (QED) is 0.788. The van der Waals surface area contributed by atoms with Gasteiger partial charge < -0.3 is 0 Å². The molecule has 0 fully saturated rings. The average molecular weight is 219 g/mol. The van der Waals surface area contributed by atoms with E-state index < -0.39 is 0 Å². The normalized spacial score (nSPS) is 12.7. The van der Waals surface area contributed by atoms with Crippen molar-refractivity contribution in [2.75, 3.05) is 0 Å². The minimum absolute atomic E-state index is 0.220. The lowest BCUT2D eigenvalue weighted by Gasteiger charge is -2.15. The monoisotopic (exact) mass is 219 g/mol. The second kappa shape index (κ2) is 3.98. The number of benzene rings is 1. The smallest absolute Gasteiger partial charge is 0.195 e. The molecule has 0 aliphatic heterocycles. The summed E-state index contributed by atoms with van der Waals surface area (Å²) in [6.45, 7) is 4.23. The van der Waals surface area contributed by atoms with Gasteiger partial charge in [-0.15, -0.1) is 0 Å². The summed E-state index contributed by atoms with van der Waals surface area (Å²) in [6.07, 6.45) is 1.74. The Balaban J connectivity index is 2.45. The van der Waals surface area contributed by atoms with Crippen LogP contribution in [0.4, 0.5) is 0 Å². The molecule has 2 rings (SSSR count). The number of nitrogens with one attached hydrogen (secondary N) is 1. The van der Waals surface area contributed by atoms with Crippen molar-refractivity contribution < 1.29 is 0 Å². The zero-order valence-electron chi connectivity index (χ0n) is 8.77. The van der Waals surface area contributed by atoms with Gasteiger partial charge in [-0.25, -0.2) is 0 Å². The van der Waals surface area contributed by atoms with Gasteiger partial charge in [-0.1, -0.05) is 24.3 Å². The molecule has 1 N–H and O–H groups in total. The van der Waals surface area contributed by atoms with E-state index in [1.165, 1.54) is 11.1 Å². The molecule has 2 aromatic rings. The van der Waals surface area contributed by atoms with Gasteiger partial charge in [0, 0.05) is 0 Å². The van der Waals surface area contributed by atoms with Crippen LogP contribution in [0.2, 0.25) is 0 Å². The third-order valence-electron chi connectivity index (χ3n) is 2.63. The summed E-state index contributed by atoms with van der Waals surface area (Å²) < 4.78 is 2.61. The fraction of sp³-hybridized carbons (Fsp3) is 0.273. The highest BCUT2D eigenvalue weighted by Gasteiger charge is 2.10. The van der Waals surface area contributed by atoms with Gasteiger partial charge in [-0.2, -0.15) is 5.10 Å². The number of hydrogen-bond donors (Lipinski definition) is 1. The molecule has 78 valence electrons. The van der Waals surface area contributed by atoms with Crippen molar-refractivity contribution in [3.63, 3.8) is 0 Å². The molecule has 1 atom stereocenters. The highest BCUT2D eigenvalue weighted by atomic mass is 32.1. The minimum Gasteiger partial charge on any atom is -0.299 e. The van der Waals surface area contributed by atoms with E-state index in [1.807, 2.05) is 16.7 Å². The van der Waals surface area contributed by atoms with Crippen LogP contribution in [-0.4, -0.2) is 14.8 Å². The molecule has 3 nitrogen and oxygen atoms in total. The minimum atomic E-state index is 0.220. The molecule has 0 saturated carbocycles. The second-order valence-corrected chi connectivity index (χ2v) is 3.99. The Bertz CT molecular complexity index is 512. The van der Waals surface area contributed by atoms with Crippen LogP contribution in [0.15, 0.2) is 30.6 Å². The zero-order valence-corrected chi connectivity index (χ0v) is 9.58. The summed E-state index contributed by atoms with van der Waals surface area (Å²) in [5.41, 5.74) is 2.54. The molecule has 0 saturated heterocycles. The number of hydrogen-bond acceptors (Lipinski definition) is 2. The third kappa shape index (κ3) is 1.85. The van der Waals surface area contributed by atoms with Gasteiger partial charge in [0.05, 0.1) is 6.04 Å². The second-order valence-electron chi connectivity index (χ2n) is 3.60.